The number of rotatable bonds is 2. The smallest absolute Gasteiger partial charge is 0.360 e. The molecule has 110 valence electrons. The highest BCUT2D eigenvalue weighted by Gasteiger charge is 2.11. The van der Waals surface area contributed by atoms with Crippen LogP contribution in [0.4, 0.5) is 5.69 Å². The number of fused-ring (bicyclic) bond motifs is 1. The fourth-order valence-electron chi connectivity index (χ4n) is 2.01. The average molecular weight is 316 g/mol. The summed E-state index contributed by atoms with van der Waals surface area (Å²) in [5.41, 5.74) is -0.111. The summed E-state index contributed by atoms with van der Waals surface area (Å²) in [7, 11) is 0. The van der Waals surface area contributed by atoms with Gasteiger partial charge in [0.25, 0.3) is 5.91 Å². The standard InChI is InChI=1S/C16H10ClNO4/c17-11-3-1-2-10(6-11)15(20)18-13-7-9-4-5-12(19)8-14(9)22-16(13)21/h1-8,19H,(H,18,20). The number of phenolic OH excluding ortho intramolecular Hbond substituents is 1. The highest BCUT2D eigenvalue weighted by atomic mass is 35.5. The molecule has 0 radical (unpaired) electrons. The van der Waals surface area contributed by atoms with Crippen LogP contribution in [0.15, 0.2) is 57.7 Å². The molecule has 0 bridgehead atoms. The zero-order chi connectivity index (χ0) is 15.7. The van der Waals surface area contributed by atoms with Crippen LogP contribution in [0, 0.1) is 0 Å². The molecular weight excluding hydrogens is 306 g/mol. The quantitative estimate of drug-likeness (QED) is 0.710. The van der Waals surface area contributed by atoms with Crippen molar-refractivity contribution in [3.63, 3.8) is 0 Å². The molecule has 0 atom stereocenters. The summed E-state index contributed by atoms with van der Waals surface area (Å²) in [5, 5.41) is 12.9. The number of aromatic hydroxyl groups is 1. The Kier molecular flexibility index (Phi) is 3.56. The Morgan fingerprint density at radius 3 is 2.73 bits per heavy atom. The molecule has 0 spiro atoms. The van der Waals surface area contributed by atoms with Gasteiger partial charge in [-0.2, -0.15) is 0 Å². The van der Waals surface area contributed by atoms with Crippen molar-refractivity contribution in [2.24, 2.45) is 0 Å². The summed E-state index contributed by atoms with van der Waals surface area (Å²) in [6.45, 7) is 0. The zero-order valence-electron chi connectivity index (χ0n) is 11.2. The van der Waals surface area contributed by atoms with Gasteiger partial charge in [0.1, 0.15) is 17.0 Å². The Morgan fingerprint density at radius 1 is 1.14 bits per heavy atom. The monoisotopic (exact) mass is 315 g/mol. The van der Waals surface area contributed by atoms with Crippen LogP contribution in [0.2, 0.25) is 5.02 Å². The van der Waals surface area contributed by atoms with Crippen LogP contribution in [0.1, 0.15) is 10.4 Å². The Labute approximate surface area is 129 Å². The molecule has 2 N–H and O–H groups in total. The third kappa shape index (κ3) is 2.80. The first-order chi connectivity index (χ1) is 10.5. The second-order valence-electron chi connectivity index (χ2n) is 4.63. The third-order valence-corrected chi connectivity index (χ3v) is 3.29. The van der Waals surface area contributed by atoms with Crippen LogP contribution in [0.5, 0.6) is 5.75 Å². The number of carbonyl (C=O) groups is 1. The van der Waals surface area contributed by atoms with Crippen molar-refractivity contribution in [1.82, 2.24) is 0 Å². The van der Waals surface area contributed by atoms with Crippen molar-refractivity contribution in [3.05, 3.63) is 69.5 Å². The van der Waals surface area contributed by atoms with E-state index < -0.39 is 11.5 Å². The number of carbonyl (C=O) groups excluding carboxylic acids is 1. The Morgan fingerprint density at radius 2 is 1.95 bits per heavy atom. The number of anilines is 1. The molecule has 0 unspecified atom stereocenters. The summed E-state index contributed by atoms with van der Waals surface area (Å²) in [6, 6.07) is 12.2. The molecule has 3 rings (SSSR count). The van der Waals surface area contributed by atoms with Crippen molar-refractivity contribution in [2.75, 3.05) is 5.32 Å². The van der Waals surface area contributed by atoms with E-state index in [4.69, 9.17) is 16.0 Å². The van der Waals surface area contributed by atoms with E-state index in [1.165, 1.54) is 24.3 Å². The number of nitrogens with one attached hydrogen (secondary N) is 1. The number of amides is 1. The van der Waals surface area contributed by atoms with E-state index in [-0.39, 0.29) is 17.0 Å². The van der Waals surface area contributed by atoms with Gasteiger partial charge in [-0.3, -0.25) is 4.79 Å². The van der Waals surface area contributed by atoms with Gasteiger partial charge in [0, 0.05) is 22.0 Å². The van der Waals surface area contributed by atoms with Crippen molar-refractivity contribution in [1.29, 1.82) is 0 Å². The lowest BCUT2D eigenvalue weighted by Gasteiger charge is -2.05. The van der Waals surface area contributed by atoms with Crippen LogP contribution < -0.4 is 10.9 Å². The van der Waals surface area contributed by atoms with Gasteiger partial charge in [0.2, 0.25) is 0 Å². The minimum Gasteiger partial charge on any atom is -0.508 e. The van der Waals surface area contributed by atoms with Crippen molar-refractivity contribution < 1.29 is 14.3 Å². The molecule has 0 fully saturated rings. The van der Waals surface area contributed by atoms with Gasteiger partial charge in [-0.15, -0.1) is 0 Å². The van der Waals surface area contributed by atoms with Crippen LogP contribution in [-0.4, -0.2) is 11.0 Å². The molecule has 22 heavy (non-hydrogen) atoms. The highest BCUT2D eigenvalue weighted by Crippen LogP contribution is 2.21. The molecule has 0 aliphatic heterocycles. The molecule has 6 heteroatoms. The fraction of sp³-hybridized carbons (Fsp3) is 0. The molecule has 2 aromatic carbocycles. The van der Waals surface area contributed by atoms with Crippen LogP contribution in [-0.2, 0) is 0 Å². The molecule has 1 aromatic heterocycles. The lowest BCUT2D eigenvalue weighted by Crippen LogP contribution is -2.17. The van der Waals surface area contributed by atoms with Gasteiger partial charge in [0.15, 0.2) is 0 Å². The number of halogens is 1. The van der Waals surface area contributed by atoms with Crippen molar-refractivity contribution >= 4 is 34.2 Å². The van der Waals surface area contributed by atoms with Gasteiger partial charge in [0.05, 0.1) is 0 Å². The minimum atomic E-state index is -0.700. The molecule has 0 saturated heterocycles. The van der Waals surface area contributed by atoms with E-state index in [9.17, 15) is 14.7 Å². The van der Waals surface area contributed by atoms with E-state index in [0.29, 0.717) is 16.0 Å². The highest BCUT2D eigenvalue weighted by molar-refractivity contribution is 6.31. The normalized spacial score (nSPS) is 10.6. The first-order valence-corrected chi connectivity index (χ1v) is 6.74. The van der Waals surface area contributed by atoms with Crippen molar-refractivity contribution in [2.45, 2.75) is 0 Å². The summed E-state index contributed by atoms with van der Waals surface area (Å²) in [4.78, 5) is 24.0. The molecule has 0 aliphatic rings. The molecular formula is C16H10ClNO4. The second kappa shape index (κ2) is 5.54. The second-order valence-corrected chi connectivity index (χ2v) is 5.07. The lowest BCUT2D eigenvalue weighted by molar-refractivity contribution is 0.102. The Hall–Kier alpha value is -2.79. The number of phenols is 1. The molecule has 5 nitrogen and oxygen atoms in total. The first kappa shape index (κ1) is 14.2. The van der Waals surface area contributed by atoms with Gasteiger partial charge in [-0.05, 0) is 36.4 Å². The van der Waals surface area contributed by atoms with Gasteiger partial charge in [-0.25, -0.2) is 4.79 Å². The zero-order valence-corrected chi connectivity index (χ0v) is 11.9. The maximum Gasteiger partial charge on any atom is 0.360 e. The minimum absolute atomic E-state index is 0.00800. The first-order valence-electron chi connectivity index (χ1n) is 6.37. The van der Waals surface area contributed by atoms with Crippen LogP contribution in [0.3, 0.4) is 0 Å². The Bertz CT molecular complexity index is 933. The largest absolute Gasteiger partial charge is 0.508 e. The van der Waals surface area contributed by atoms with E-state index in [0.717, 1.165) is 0 Å². The van der Waals surface area contributed by atoms with Crippen LogP contribution >= 0.6 is 11.6 Å². The predicted octanol–water partition coefficient (Wildman–Crippen LogP) is 3.40. The summed E-state index contributed by atoms with van der Waals surface area (Å²) < 4.78 is 5.08. The number of benzene rings is 2. The lowest BCUT2D eigenvalue weighted by atomic mass is 10.2. The van der Waals surface area contributed by atoms with Gasteiger partial charge in [-0.1, -0.05) is 17.7 Å². The van der Waals surface area contributed by atoms with Gasteiger partial charge < -0.3 is 14.8 Å². The van der Waals surface area contributed by atoms with Crippen LogP contribution in [0.25, 0.3) is 11.0 Å². The van der Waals surface area contributed by atoms with Gasteiger partial charge >= 0.3 is 5.63 Å². The summed E-state index contributed by atoms with van der Waals surface area (Å²) in [5.74, 6) is -0.473. The molecule has 1 heterocycles. The fourth-order valence-corrected chi connectivity index (χ4v) is 2.20. The average Bonchev–Trinajstić information content (AvgIpc) is 2.48. The molecule has 0 aliphatic carbocycles. The topological polar surface area (TPSA) is 79.5 Å². The van der Waals surface area contributed by atoms with E-state index in [1.807, 2.05) is 0 Å². The molecule has 3 aromatic rings. The summed E-state index contributed by atoms with van der Waals surface area (Å²) >= 11 is 5.83. The SMILES string of the molecule is O=C(Nc1cc2ccc(O)cc2oc1=O)c1cccc(Cl)c1. The predicted molar refractivity (Wildman–Crippen MR) is 83.6 cm³/mol. The maximum absolute atomic E-state index is 12.1. The van der Waals surface area contributed by atoms with E-state index in [2.05, 4.69) is 5.32 Å². The maximum atomic E-state index is 12.1. The van der Waals surface area contributed by atoms with Crippen molar-refractivity contribution in [3.8, 4) is 5.75 Å². The van der Waals surface area contributed by atoms with E-state index >= 15 is 0 Å². The number of hydrogen-bond donors (Lipinski definition) is 2. The third-order valence-electron chi connectivity index (χ3n) is 3.05. The molecule has 0 saturated carbocycles. The molecule has 1 amide bonds. The summed E-state index contributed by atoms with van der Waals surface area (Å²) in [6.07, 6.45) is 0. The Balaban J connectivity index is 1.97. The van der Waals surface area contributed by atoms with E-state index in [1.54, 1.807) is 24.3 Å². The number of hydrogen-bond acceptors (Lipinski definition) is 4.